The SMILES string of the molecule is CN(C(=O)c1ccn(C)n1)[C@H](Cc1ccccc1)C1CCN(C(=O)c2cc3ccccc3oc2=O)CC1. The molecule has 190 valence electrons. The van der Waals surface area contributed by atoms with Crippen molar-refractivity contribution in [1.82, 2.24) is 19.6 Å². The molecule has 1 aliphatic rings. The number of likely N-dealkylation sites (tertiary alicyclic amines) is 1. The third-order valence-electron chi connectivity index (χ3n) is 7.28. The standard InChI is InChI=1S/C29H30N4O4/c1-31-15-14-24(30-31)28(35)32(2)25(18-20-8-4-3-5-9-20)21-12-16-33(17-13-21)27(34)23-19-22-10-6-7-11-26(22)37-29(23)36/h3-11,14-15,19,21,25H,12-13,16-18H2,1-2H3/t25-/m1/s1. The molecule has 0 aliphatic carbocycles. The second kappa shape index (κ2) is 10.4. The monoisotopic (exact) mass is 498 g/mol. The number of para-hydroxylation sites is 1. The average molecular weight is 499 g/mol. The van der Waals surface area contributed by atoms with Crippen LogP contribution in [-0.2, 0) is 13.5 Å². The van der Waals surface area contributed by atoms with Gasteiger partial charge in [-0.25, -0.2) is 4.79 Å². The highest BCUT2D eigenvalue weighted by Gasteiger charge is 2.34. The maximum Gasteiger partial charge on any atom is 0.349 e. The van der Waals surface area contributed by atoms with Crippen LogP contribution in [0.4, 0.5) is 0 Å². The van der Waals surface area contributed by atoms with Crippen molar-refractivity contribution in [1.29, 1.82) is 0 Å². The van der Waals surface area contributed by atoms with Crippen LogP contribution in [0, 0.1) is 5.92 Å². The van der Waals surface area contributed by atoms with Gasteiger partial charge in [0.2, 0.25) is 0 Å². The second-order valence-electron chi connectivity index (χ2n) is 9.66. The maximum atomic E-state index is 13.3. The zero-order valence-electron chi connectivity index (χ0n) is 21.0. The number of piperidine rings is 1. The lowest BCUT2D eigenvalue weighted by Crippen LogP contribution is -2.49. The highest BCUT2D eigenvalue weighted by Crippen LogP contribution is 2.28. The number of likely N-dealkylation sites (N-methyl/N-ethyl adjacent to an activating group) is 1. The van der Waals surface area contributed by atoms with Gasteiger partial charge in [0.15, 0.2) is 0 Å². The fraction of sp³-hybridized carbons (Fsp3) is 0.310. The first-order valence-corrected chi connectivity index (χ1v) is 12.5. The largest absolute Gasteiger partial charge is 0.422 e. The predicted octanol–water partition coefficient (Wildman–Crippen LogP) is 3.76. The number of carbonyl (C=O) groups excluding carboxylic acids is 2. The number of benzene rings is 2. The van der Waals surface area contributed by atoms with Crippen LogP contribution >= 0.6 is 0 Å². The number of aryl methyl sites for hydroxylation is 1. The molecular weight excluding hydrogens is 468 g/mol. The Morgan fingerprint density at radius 3 is 2.46 bits per heavy atom. The molecule has 1 saturated heterocycles. The Hall–Kier alpha value is -4.20. The van der Waals surface area contributed by atoms with Crippen LogP contribution in [0.5, 0.6) is 0 Å². The summed E-state index contributed by atoms with van der Waals surface area (Å²) in [5.74, 6) is -0.237. The van der Waals surface area contributed by atoms with Crippen LogP contribution in [0.25, 0.3) is 11.0 Å². The molecule has 0 N–H and O–H groups in total. The molecule has 3 heterocycles. The Kier molecular flexibility index (Phi) is 6.90. The number of aromatic nitrogens is 2. The van der Waals surface area contributed by atoms with Crippen molar-refractivity contribution in [3.05, 3.63) is 100 Å². The lowest BCUT2D eigenvalue weighted by molar-refractivity contribution is 0.0517. The fourth-order valence-corrected chi connectivity index (χ4v) is 5.20. The molecule has 0 radical (unpaired) electrons. The zero-order chi connectivity index (χ0) is 25.9. The minimum absolute atomic E-state index is 0.0557. The summed E-state index contributed by atoms with van der Waals surface area (Å²) in [6.45, 7) is 1.01. The van der Waals surface area contributed by atoms with E-state index in [-0.39, 0.29) is 29.3 Å². The molecule has 0 saturated carbocycles. The number of hydrogen-bond donors (Lipinski definition) is 0. The lowest BCUT2D eigenvalue weighted by Gasteiger charge is -2.40. The highest BCUT2D eigenvalue weighted by atomic mass is 16.4. The Balaban J connectivity index is 1.33. The van der Waals surface area contributed by atoms with E-state index in [1.165, 1.54) is 0 Å². The van der Waals surface area contributed by atoms with Crippen molar-refractivity contribution in [2.24, 2.45) is 13.0 Å². The Labute approximate surface area is 215 Å². The van der Waals surface area contributed by atoms with E-state index in [0.717, 1.165) is 23.8 Å². The molecule has 8 heteroatoms. The predicted molar refractivity (Wildman–Crippen MR) is 140 cm³/mol. The van der Waals surface area contributed by atoms with Gasteiger partial charge in [0.1, 0.15) is 16.8 Å². The Morgan fingerprint density at radius 1 is 1.05 bits per heavy atom. The van der Waals surface area contributed by atoms with E-state index < -0.39 is 5.63 Å². The van der Waals surface area contributed by atoms with E-state index in [1.807, 2.05) is 37.4 Å². The minimum Gasteiger partial charge on any atom is -0.422 e. The summed E-state index contributed by atoms with van der Waals surface area (Å²) < 4.78 is 7.00. The van der Waals surface area contributed by atoms with Gasteiger partial charge in [0.05, 0.1) is 0 Å². The molecule has 1 aliphatic heterocycles. The van der Waals surface area contributed by atoms with Gasteiger partial charge in [0.25, 0.3) is 11.8 Å². The van der Waals surface area contributed by atoms with Crippen molar-refractivity contribution in [3.63, 3.8) is 0 Å². The lowest BCUT2D eigenvalue weighted by atomic mass is 9.84. The van der Waals surface area contributed by atoms with Crippen molar-refractivity contribution in [3.8, 4) is 0 Å². The second-order valence-corrected chi connectivity index (χ2v) is 9.66. The fourth-order valence-electron chi connectivity index (χ4n) is 5.20. The Bertz CT molecular complexity index is 1470. The van der Waals surface area contributed by atoms with Crippen LogP contribution in [0.2, 0.25) is 0 Å². The average Bonchev–Trinajstić information content (AvgIpc) is 3.37. The summed E-state index contributed by atoms with van der Waals surface area (Å²) in [4.78, 5) is 42.6. The van der Waals surface area contributed by atoms with Crippen LogP contribution in [0.15, 0.2) is 82.1 Å². The molecule has 37 heavy (non-hydrogen) atoms. The number of amides is 2. The van der Waals surface area contributed by atoms with Gasteiger partial charge >= 0.3 is 5.63 Å². The summed E-state index contributed by atoms with van der Waals surface area (Å²) in [6, 6.07) is 20.6. The first kappa shape index (κ1) is 24.5. The summed E-state index contributed by atoms with van der Waals surface area (Å²) in [5, 5.41) is 5.02. The van der Waals surface area contributed by atoms with Crippen molar-refractivity contribution < 1.29 is 14.0 Å². The zero-order valence-corrected chi connectivity index (χ0v) is 21.0. The molecule has 8 nitrogen and oxygen atoms in total. The van der Waals surface area contributed by atoms with Crippen LogP contribution in [-0.4, -0.2) is 57.6 Å². The first-order chi connectivity index (χ1) is 17.9. The molecule has 5 rings (SSSR count). The first-order valence-electron chi connectivity index (χ1n) is 12.5. The molecule has 2 aromatic carbocycles. The van der Waals surface area contributed by atoms with E-state index in [4.69, 9.17) is 4.42 Å². The highest BCUT2D eigenvalue weighted by molar-refractivity contribution is 5.96. The molecule has 0 spiro atoms. The molecule has 1 fully saturated rings. The topological polar surface area (TPSA) is 88.7 Å². The minimum atomic E-state index is -0.617. The van der Waals surface area contributed by atoms with Gasteiger partial charge in [-0.3, -0.25) is 14.3 Å². The summed E-state index contributed by atoms with van der Waals surface area (Å²) in [5.41, 5.74) is 1.47. The third-order valence-corrected chi connectivity index (χ3v) is 7.28. The van der Waals surface area contributed by atoms with Crippen molar-refractivity contribution in [2.45, 2.75) is 25.3 Å². The molecule has 1 atom stereocenters. The van der Waals surface area contributed by atoms with Gasteiger partial charge in [0, 0.05) is 44.8 Å². The quantitative estimate of drug-likeness (QED) is 0.378. The normalized spacial score (nSPS) is 15.0. The van der Waals surface area contributed by atoms with Crippen molar-refractivity contribution in [2.75, 3.05) is 20.1 Å². The summed E-state index contributed by atoms with van der Waals surface area (Å²) in [7, 11) is 3.63. The molecule has 2 aromatic heterocycles. The summed E-state index contributed by atoms with van der Waals surface area (Å²) >= 11 is 0. The Morgan fingerprint density at radius 2 is 1.76 bits per heavy atom. The third kappa shape index (κ3) is 5.18. The maximum absolute atomic E-state index is 13.3. The molecular formula is C29H30N4O4. The smallest absolute Gasteiger partial charge is 0.349 e. The van der Waals surface area contributed by atoms with Crippen molar-refractivity contribution >= 4 is 22.8 Å². The molecule has 4 aromatic rings. The van der Waals surface area contributed by atoms with Gasteiger partial charge in [-0.15, -0.1) is 0 Å². The van der Waals surface area contributed by atoms with Gasteiger partial charge < -0.3 is 14.2 Å². The van der Waals surface area contributed by atoms with Crippen LogP contribution in [0.3, 0.4) is 0 Å². The van der Waals surface area contributed by atoms with E-state index in [9.17, 15) is 14.4 Å². The van der Waals surface area contributed by atoms with E-state index in [2.05, 4.69) is 17.2 Å². The molecule has 2 amide bonds. The number of carbonyl (C=O) groups is 2. The van der Waals surface area contributed by atoms with Crippen LogP contribution < -0.4 is 5.63 Å². The number of fused-ring (bicyclic) bond motifs is 1. The van der Waals surface area contributed by atoms with Gasteiger partial charge in [-0.2, -0.15) is 5.10 Å². The van der Waals surface area contributed by atoms with Gasteiger partial charge in [-0.1, -0.05) is 48.5 Å². The number of nitrogens with zero attached hydrogens (tertiary/aromatic N) is 4. The van der Waals surface area contributed by atoms with E-state index in [1.54, 1.807) is 52.0 Å². The summed E-state index contributed by atoms with van der Waals surface area (Å²) in [6.07, 6.45) is 3.92. The van der Waals surface area contributed by atoms with Crippen LogP contribution in [0.1, 0.15) is 39.3 Å². The molecule has 0 bridgehead atoms. The number of hydrogen-bond acceptors (Lipinski definition) is 5. The van der Waals surface area contributed by atoms with E-state index in [0.29, 0.717) is 30.8 Å². The number of rotatable bonds is 6. The molecule has 0 unspecified atom stereocenters. The van der Waals surface area contributed by atoms with E-state index >= 15 is 0 Å². The van der Waals surface area contributed by atoms with Gasteiger partial charge in [-0.05, 0) is 48.9 Å².